The summed E-state index contributed by atoms with van der Waals surface area (Å²) in [7, 11) is 0. The fourth-order valence-corrected chi connectivity index (χ4v) is 1.71. The van der Waals surface area contributed by atoms with Crippen LogP contribution in [0.3, 0.4) is 0 Å². The van der Waals surface area contributed by atoms with E-state index in [-0.39, 0.29) is 17.1 Å². The molecule has 0 unspecified atom stereocenters. The van der Waals surface area contributed by atoms with Gasteiger partial charge in [-0.15, -0.1) is 0 Å². The van der Waals surface area contributed by atoms with E-state index >= 15 is 0 Å². The van der Waals surface area contributed by atoms with Crippen LogP contribution in [-0.2, 0) is 0 Å². The number of pyridine rings is 1. The molecule has 2 aromatic rings. The highest BCUT2D eigenvalue weighted by atomic mass is 16.6. The second kappa shape index (κ2) is 4.25. The number of hydrogen-bond acceptors (Lipinski definition) is 5. The summed E-state index contributed by atoms with van der Waals surface area (Å²) in [6.07, 6.45) is 1.36. The number of aromatic nitrogens is 3. The van der Waals surface area contributed by atoms with Crippen LogP contribution in [0.1, 0.15) is 17.0 Å². The predicted molar refractivity (Wildman–Crippen MR) is 62.2 cm³/mol. The molecule has 0 N–H and O–H groups in total. The Bertz CT molecular complexity index is 669. The maximum Gasteiger partial charge on any atom is 0.331 e. The Labute approximate surface area is 102 Å². The number of nitrogens with zero attached hydrogens (tertiary/aromatic N) is 5. The molecule has 0 saturated heterocycles. The van der Waals surface area contributed by atoms with Crippen LogP contribution in [0.25, 0.3) is 5.82 Å². The van der Waals surface area contributed by atoms with Gasteiger partial charge in [-0.1, -0.05) is 0 Å². The molecule has 2 aromatic heterocycles. The maximum absolute atomic E-state index is 11.1. The summed E-state index contributed by atoms with van der Waals surface area (Å²) < 4.78 is 1.37. The van der Waals surface area contributed by atoms with E-state index in [1.54, 1.807) is 26.0 Å². The Morgan fingerprint density at radius 3 is 2.72 bits per heavy atom. The number of hydrogen-bond donors (Lipinski definition) is 0. The van der Waals surface area contributed by atoms with E-state index in [0.717, 1.165) is 11.4 Å². The molecule has 7 heteroatoms. The Balaban J connectivity index is 2.76. The minimum Gasteiger partial charge on any atom is -0.258 e. The van der Waals surface area contributed by atoms with Gasteiger partial charge in [0, 0.05) is 11.9 Å². The van der Waals surface area contributed by atoms with Crippen molar-refractivity contribution in [2.24, 2.45) is 0 Å². The smallest absolute Gasteiger partial charge is 0.258 e. The zero-order valence-corrected chi connectivity index (χ0v) is 9.78. The second-order valence-electron chi connectivity index (χ2n) is 3.74. The van der Waals surface area contributed by atoms with Crippen LogP contribution >= 0.6 is 0 Å². The second-order valence-corrected chi connectivity index (χ2v) is 3.74. The third-order valence-corrected chi connectivity index (χ3v) is 2.42. The van der Waals surface area contributed by atoms with E-state index in [2.05, 4.69) is 10.1 Å². The van der Waals surface area contributed by atoms with Crippen molar-refractivity contribution in [2.45, 2.75) is 13.8 Å². The third-order valence-electron chi connectivity index (χ3n) is 2.42. The van der Waals surface area contributed by atoms with E-state index in [1.165, 1.54) is 16.9 Å². The van der Waals surface area contributed by atoms with Crippen LogP contribution in [0.15, 0.2) is 18.3 Å². The van der Waals surface area contributed by atoms with Gasteiger partial charge in [0.15, 0.2) is 0 Å². The van der Waals surface area contributed by atoms with Crippen molar-refractivity contribution in [1.82, 2.24) is 14.8 Å². The van der Waals surface area contributed by atoms with Crippen LogP contribution in [0.4, 0.5) is 5.69 Å². The number of nitro groups is 1. The largest absolute Gasteiger partial charge is 0.331 e. The number of rotatable bonds is 2. The fourth-order valence-electron chi connectivity index (χ4n) is 1.71. The van der Waals surface area contributed by atoms with Gasteiger partial charge in [0.1, 0.15) is 11.6 Å². The highest BCUT2D eigenvalue weighted by Gasteiger charge is 2.24. The average molecular weight is 243 g/mol. The van der Waals surface area contributed by atoms with Gasteiger partial charge in [0.25, 0.3) is 0 Å². The summed E-state index contributed by atoms with van der Waals surface area (Å²) >= 11 is 0. The lowest BCUT2D eigenvalue weighted by Crippen LogP contribution is -2.07. The van der Waals surface area contributed by atoms with Gasteiger partial charge in [0.05, 0.1) is 10.6 Å². The van der Waals surface area contributed by atoms with Gasteiger partial charge in [-0.05, 0) is 26.0 Å². The Morgan fingerprint density at radius 1 is 1.50 bits per heavy atom. The quantitative estimate of drug-likeness (QED) is 0.590. The van der Waals surface area contributed by atoms with Crippen molar-refractivity contribution >= 4 is 5.69 Å². The minimum atomic E-state index is -0.614. The van der Waals surface area contributed by atoms with Crippen molar-refractivity contribution in [3.05, 3.63) is 45.4 Å². The SMILES string of the molecule is Cc1cc(C)n(-c2nccc(C#N)c2[N+](=O)[O-])n1. The highest BCUT2D eigenvalue weighted by Crippen LogP contribution is 2.25. The fraction of sp³-hybridized carbons (Fsp3) is 0.182. The molecular weight excluding hydrogens is 234 g/mol. The summed E-state index contributed by atoms with van der Waals surface area (Å²) in [4.78, 5) is 14.4. The number of aryl methyl sites for hydroxylation is 2. The lowest BCUT2D eigenvalue weighted by molar-refractivity contribution is -0.385. The predicted octanol–water partition coefficient (Wildman–Crippen LogP) is 1.66. The van der Waals surface area contributed by atoms with E-state index in [1.807, 2.05) is 0 Å². The van der Waals surface area contributed by atoms with E-state index in [9.17, 15) is 10.1 Å². The average Bonchev–Trinajstić information content (AvgIpc) is 2.67. The van der Waals surface area contributed by atoms with E-state index in [4.69, 9.17) is 5.26 Å². The molecule has 0 atom stereocenters. The first-order valence-electron chi connectivity index (χ1n) is 5.11. The van der Waals surface area contributed by atoms with Crippen molar-refractivity contribution in [3.8, 4) is 11.9 Å². The van der Waals surface area contributed by atoms with Gasteiger partial charge < -0.3 is 0 Å². The molecule has 0 aliphatic carbocycles. The monoisotopic (exact) mass is 243 g/mol. The van der Waals surface area contributed by atoms with Crippen molar-refractivity contribution in [2.75, 3.05) is 0 Å². The molecule has 18 heavy (non-hydrogen) atoms. The molecule has 0 aromatic carbocycles. The van der Waals surface area contributed by atoms with Crippen LogP contribution in [0, 0.1) is 35.3 Å². The molecule has 90 valence electrons. The molecule has 0 spiro atoms. The molecule has 0 fully saturated rings. The molecule has 0 bridgehead atoms. The molecule has 2 heterocycles. The summed E-state index contributed by atoms with van der Waals surface area (Å²) in [6.45, 7) is 3.55. The molecule has 0 amide bonds. The molecule has 0 aliphatic rings. The first-order chi connectivity index (χ1) is 8.54. The van der Waals surface area contributed by atoms with Crippen molar-refractivity contribution in [1.29, 1.82) is 5.26 Å². The minimum absolute atomic E-state index is 0.0300. The Kier molecular flexibility index (Phi) is 2.77. The topological polar surface area (TPSA) is 97.6 Å². The van der Waals surface area contributed by atoms with Gasteiger partial charge >= 0.3 is 5.69 Å². The molecule has 0 aliphatic heterocycles. The third kappa shape index (κ3) is 1.80. The van der Waals surface area contributed by atoms with Gasteiger partial charge in [-0.3, -0.25) is 10.1 Å². The standard InChI is InChI=1S/C11H9N5O2/c1-7-5-8(2)15(14-7)11-10(16(17)18)9(6-12)3-4-13-11/h3-5H,1-2H3. The van der Waals surface area contributed by atoms with Crippen LogP contribution in [-0.4, -0.2) is 19.7 Å². The normalized spacial score (nSPS) is 10.1. The van der Waals surface area contributed by atoms with E-state index in [0.29, 0.717) is 0 Å². The lowest BCUT2D eigenvalue weighted by Gasteiger charge is -2.04. The molecule has 2 rings (SSSR count). The summed E-state index contributed by atoms with van der Waals surface area (Å²) in [5, 5.41) is 24.1. The van der Waals surface area contributed by atoms with Crippen molar-refractivity contribution in [3.63, 3.8) is 0 Å². The summed E-state index contributed by atoms with van der Waals surface area (Å²) in [6, 6.07) is 4.89. The van der Waals surface area contributed by atoms with Gasteiger partial charge in [-0.2, -0.15) is 10.4 Å². The van der Waals surface area contributed by atoms with E-state index < -0.39 is 4.92 Å². The molecule has 0 saturated carbocycles. The van der Waals surface area contributed by atoms with Crippen LogP contribution < -0.4 is 0 Å². The summed E-state index contributed by atoms with van der Waals surface area (Å²) in [5.74, 6) is 0.0599. The summed E-state index contributed by atoms with van der Waals surface area (Å²) in [5.41, 5.74) is 1.09. The molecule has 0 radical (unpaired) electrons. The zero-order valence-electron chi connectivity index (χ0n) is 9.78. The Hall–Kier alpha value is -2.75. The van der Waals surface area contributed by atoms with Crippen molar-refractivity contribution < 1.29 is 4.92 Å². The zero-order chi connectivity index (χ0) is 13.3. The van der Waals surface area contributed by atoms with Gasteiger partial charge in [0.2, 0.25) is 5.82 Å². The lowest BCUT2D eigenvalue weighted by atomic mass is 10.2. The number of nitriles is 1. The Morgan fingerprint density at radius 2 is 2.22 bits per heavy atom. The first-order valence-corrected chi connectivity index (χ1v) is 5.11. The molecule has 7 nitrogen and oxygen atoms in total. The van der Waals surface area contributed by atoms with Crippen LogP contribution in [0.2, 0.25) is 0 Å². The molecular formula is C11H9N5O2. The first kappa shape index (κ1) is 11.7. The highest BCUT2D eigenvalue weighted by molar-refractivity contribution is 5.58. The van der Waals surface area contributed by atoms with Crippen LogP contribution in [0.5, 0.6) is 0 Å². The van der Waals surface area contributed by atoms with Gasteiger partial charge in [-0.25, -0.2) is 9.67 Å². The maximum atomic E-state index is 11.1.